The Hall–Kier alpha value is -0.690. The Kier molecular flexibility index (Phi) is 4.73. The van der Waals surface area contributed by atoms with Crippen LogP contribution in [0.15, 0.2) is 26.5 Å². The van der Waals surface area contributed by atoms with Gasteiger partial charge in [-0.25, -0.2) is 4.98 Å². The van der Waals surface area contributed by atoms with Gasteiger partial charge in [-0.15, -0.1) is 11.3 Å². The number of halogens is 1. The average Bonchev–Trinajstić information content (AvgIpc) is 2.93. The molecule has 2 rings (SSSR count). The van der Waals surface area contributed by atoms with Crippen molar-refractivity contribution in [3.63, 3.8) is 0 Å². The van der Waals surface area contributed by atoms with E-state index in [1.54, 1.807) is 24.6 Å². The van der Waals surface area contributed by atoms with Gasteiger partial charge in [-0.3, -0.25) is 0 Å². The van der Waals surface area contributed by atoms with Gasteiger partial charge >= 0.3 is 0 Å². The van der Waals surface area contributed by atoms with E-state index >= 15 is 0 Å². The molecule has 1 N–H and O–H groups in total. The maximum absolute atomic E-state index is 5.66. The number of methoxy groups -OCH3 is 1. The standard InChI is InChI=1S/C11H13BrN2O2S/c1-15-4-3-13-7-10-14-6-9(16-10)11-8(12)2-5-17-11/h2,5-6,13H,3-4,7H2,1H3. The molecule has 0 aromatic carbocycles. The number of aromatic nitrogens is 1. The Bertz CT molecular complexity index is 469. The highest BCUT2D eigenvalue weighted by atomic mass is 79.9. The molecule has 0 aliphatic heterocycles. The maximum Gasteiger partial charge on any atom is 0.208 e. The van der Waals surface area contributed by atoms with E-state index in [4.69, 9.17) is 9.15 Å². The molecule has 0 unspecified atom stereocenters. The van der Waals surface area contributed by atoms with Crippen molar-refractivity contribution in [1.82, 2.24) is 10.3 Å². The van der Waals surface area contributed by atoms with Gasteiger partial charge in [0.15, 0.2) is 5.76 Å². The summed E-state index contributed by atoms with van der Waals surface area (Å²) in [6.45, 7) is 2.09. The molecule has 2 aromatic heterocycles. The predicted octanol–water partition coefficient (Wildman–Crippen LogP) is 2.90. The number of thiophene rings is 1. The molecular formula is C11H13BrN2O2S. The summed E-state index contributed by atoms with van der Waals surface area (Å²) < 4.78 is 11.6. The van der Waals surface area contributed by atoms with E-state index in [-0.39, 0.29) is 0 Å². The number of hydrogen-bond donors (Lipinski definition) is 1. The quantitative estimate of drug-likeness (QED) is 0.832. The third-order valence-electron chi connectivity index (χ3n) is 2.15. The number of oxazole rings is 1. The molecule has 0 saturated heterocycles. The molecule has 2 heterocycles. The fourth-order valence-corrected chi connectivity index (χ4v) is 2.85. The molecule has 6 heteroatoms. The molecule has 0 fully saturated rings. The molecule has 92 valence electrons. The van der Waals surface area contributed by atoms with Crippen LogP contribution in [0.5, 0.6) is 0 Å². The van der Waals surface area contributed by atoms with E-state index in [1.165, 1.54) is 0 Å². The Labute approximate surface area is 112 Å². The van der Waals surface area contributed by atoms with Gasteiger partial charge in [-0.1, -0.05) is 0 Å². The van der Waals surface area contributed by atoms with Gasteiger partial charge in [-0.2, -0.15) is 0 Å². The van der Waals surface area contributed by atoms with Crippen molar-refractivity contribution in [3.8, 4) is 10.6 Å². The van der Waals surface area contributed by atoms with Gasteiger partial charge in [0.25, 0.3) is 0 Å². The zero-order valence-corrected chi connectivity index (χ0v) is 11.8. The Balaban J connectivity index is 1.95. The third kappa shape index (κ3) is 3.38. The van der Waals surface area contributed by atoms with Crippen LogP contribution in [0.3, 0.4) is 0 Å². The summed E-state index contributed by atoms with van der Waals surface area (Å²) in [7, 11) is 1.68. The smallest absolute Gasteiger partial charge is 0.208 e. The minimum atomic E-state index is 0.617. The van der Waals surface area contributed by atoms with Crippen LogP contribution in [0, 0.1) is 0 Å². The van der Waals surface area contributed by atoms with E-state index in [1.807, 2.05) is 11.4 Å². The van der Waals surface area contributed by atoms with Gasteiger partial charge in [0.2, 0.25) is 5.89 Å². The van der Waals surface area contributed by atoms with Crippen molar-refractivity contribution >= 4 is 27.3 Å². The molecule has 0 amide bonds. The summed E-state index contributed by atoms with van der Waals surface area (Å²) >= 11 is 5.10. The van der Waals surface area contributed by atoms with Crippen LogP contribution in [0.25, 0.3) is 10.6 Å². The molecule has 2 aromatic rings. The Morgan fingerprint density at radius 3 is 3.18 bits per heavy atom. The second kappa shape index (κ2) is 6.30. The normalized spacial score (nSPS) is 10.9. The molecule has 0 atom stereocenters. The highest BCUT2D eigenvalue weighted by molar-refractivity contribution is 9.10. The average molecular weight is 317 g/mol. The fraction of sp³-hybridized carbons (Fsp3) is 0.364. The number of nitrogens with zero attached hydrogens (tertiary/aromatic N) is 1. The van der Waals surface area contributed by atoms with Crippen LogP contribution < -0.4 is 5.32 Å². The molecule has 0 radical (unpaired) electrons. The second-order valence-corrected chi connectivity index (χ2v) is 5.16. The van der Waals surface area contributed by atoms with Crippen LogP contribution in [-0.2, 0) is 11.3 Å². The largest absolute Gasteiger partial charge is 0.438 e. The van der Waals surface area contributed by atoms with Crippen molar-refractivity contribution < 1.29 is 9.15 Å². The summed E-state index contributed by atoms with van der Waals surface area (Å²) in [6.07, 6.45) is 1.75. The van der Waals surface area contributed by atoms with Crippen molar-refractivity contribution in [2.75, 3.05) is 20.3 Å². The molecular weight excluding hydrogens is 304 g/mol. The van der Waals surface area contributed by atoms with E-state index in [2.05, 4.69) is 26.2 Å². The first-order valence-electron chi connectivity index (χ1n) is 5.19. The van der Waals surface area contributed by atoms with Gasteiger partial charge in [0.1, 0.15) is 0 Å². The van der Waals surface area contributed by atoms with Crippen LogP contribution in [0.4, 0.5) is 0 Å². The third-order valence-corrected chi connectivity index (χ3v) is 4.01. The lowest BCUT2D eigenvalue weighted by molar-refractivity contribution is 0.198. The first-order valence-corrected chi connectivity index (χ1v) is 6.86. The lowest BCUT2D eigenvalue weighted by Gasteiger charge is -1.99. The van der Waals surface area contributed by atoms with Crippen LogP contribution in [0.2, 0.25) is 0 Å². The zero-order valence-electron chi connectivity index (χ0n) is 9.40. The summed E-state index contributed by atoms with van der Waals surface area (Å²) in [6, 6.07) is 2.00. The van der Waals surface area contributed by atoms with Gasteiger partial charge in [0.05, 0.1) is 24.2 Å². The maximum atomic E-state index is 5.66. The summed E-state index contributed by atoms with van der Waals surface area (Å²) in [5, 5.41) is 5.20. The lowest BCUT2D eigenvalue weighted by atomic mass is 10.4. The summed E-state index contributed by atoms with van der Waals surface area (Å²) in [4.78, 5) is 5.30. The van der Waals surface area contributed by atoms with Crippen molar-refractivity contribution in [2.24, 2.45) is 0 Å². The van der Waals surface area contributed by atoms with Gasteiger partial charge < -0.3 is 14.5 Å². The van der Waals surface area contributed by atoms with Gasteiger partial charge in [0, 0.05) is 18.1 Å². The van der Waals surface area contributed by atoms with E-state index in [0.717, 1.165) is 21.7 Å². The Morgan fingerprint density at radius 2 is 2.47 bits per heavy atom. The first kappa shape index (κ1) is 12.8. The Morgan fingerprint density at radius 1 is 1.59 bits per heavy atom. The monoisotopic (exact) mass is 316 g/mol. The minimum absolute atomic E-state index is 0.617. The number of nitrogens with one attached hydrogen (secondary N) is 1. The summed E-state index contributed by atoms with van der Waals surface area (Å²) in [5.41, 5.74) is 0. The van der Waals surface area contributed by atoms with Crippen LogP contribution >= 0.6 is 27.3 Å². The highest BCUT2D eigenvalue weighted by Crippen LogP contribution is 2.33. The molecule has 17 heavy (non-hydrogen) atoms. The molecule has 0 saturated carbocycles. The van der Waals surface area contributed by atoms with E-state index in [9.17, 15) is 0 Å². The van der Waals surface area contributed by atoms with Gasteiger partial charge in [-0.05, 0) is 27.4 Å². The topological polar surface area (TPSA) is 47.3 Å². The highest BCUT2D eigenvalue weighted by Gasteiger charge is 2.10. The molecule has 0 bridgehead atoms. The molecule has 0 aliphatic rings. The summed E-state index contributed by atoms with van der Waals surface area (Å²) in [5.74, 6) is 1.49. The predicted molar refractivity (Wildman–Crippen MR) is 71.1 cm³/mol. The van der Waals surface area contributed by atoms with Crippen molar-refractivity contribution in [2.45, 2.75) is 6.54 Å². The van der Waals surface area contributed by atoms with E-state index in [0.29, 0.717) is 19.0 Å². The van der Waals surface area contributed by atoms with Crippen LogP contribution in [0.1, 0.15) is 5.89 Å². The lowest BCUT2D eigenvalue weighted by Crippen LogP contribution is -2.18. The minimum Gasteiger partial charge on any atom is -0.438 e. The SMILES string of the molecule is COCCNCc1ncc(-c2sccc2Br)o1. The number of ether oxygens (including phenoxy) is 1. The number of rotatable bonds is 6. The first-order chi connectivity index (χ1) is 8.31. The fourth-order valence-electron chi connectivity index (χ4n) is 1.34. The van der Waals surface area contributed by atoms with Crippen LogP contribution in [-0.4, -0.2) is 25.2 Å². The molecule has 0 aliphatic carbocycles. The molecule has 4 nitrogen and oxygen atoms in total. The number of hydrogen-bond acceptors (Lipinski definition) is 5. The van der Waals surface area contributed by atoms with Crippen molar-refractivity contribution in [3.05, 3.63) is 28.0 Å². The second-order valence-electron chi connectivity index (χ2n) is 3.39. The molecule has 0 spiro atoms. The zero-order chi connectivity index (χ0) is 12.1. The van der Waals surface area contributed by atoms with Crippen molar-refractivity contribution in [1.29, 1.82) is 0 Å². The van der Waals surface area contributed by atoms with E-state index < -0.39 is 0 Å².